The Kier molecular flexibility index (Phi) is 5.49. The van der Waals surface area contributed by atoms with Gasteiger partial charge in [-0.25, -0.2) is 9.97 Å². The molecule has 2 aromatic rings. The van der Waals surface area contributed by atoms with Crippen LogP contribution in [0.15, 0.2) is 17.0 Å². The number of carbonyl (C=O) groups excluding carboxylic acids is 1. The Hall–Kier alpha value is -1.47. The summed E-state index contributed by atoms with van der Waals surface area (Å²) in [4.78, 5) is 19.8. The van der Waals surface area contributed by atoms with E-state index >= 15 is 0 Å². The Balaban J connectivity index is 1.79. The molecule has 0 spiro atoms. The number of nitrogens with zero attached hydrogens (tertiary/aromatic N) is 2. The fourth-order valence-electron chi connectivity index (χ4n) is 1.64. The van der Waals surface area contributed by atoms with E-state index in [1.54, 1.807) is 22.7 Å². The molecule has 0 aromatic carbocycles. The van der Waals surface area contributed by atoms with Crippen LogP contribution in [0.5, 0.6) is 0 Å². The Bertz CT molecular complexity index is 540. The van der Waals surface area contributed by atoms with Crippen LogP contribution in [0.1, 0.15) is 30.0 Å². The highest BCUT2D eigenvalue weighted by Crippen LogP contribution is 2.21. The monoisotopic (exact) mass is 311 g/mol. The van der Waals surface area contributed by atoms with Gasteiger partial charge in [-0.05, 0) is 0 Å². The molecule has 0 aliphatic rings. The van der Waals surface area contributed by atoms with Crippen LogP contribution in [-0.4, -0.2) is 29.6 Å². The second-order valence-corrected chi connectivity index (χ2v) is 6.16. The highest BCUT2D eigenvalue weighted by molar-refractivity contribution is 7.13. The largest absolute Gasteiger partial charge is 0.469 e. The number of methoxy groups -OCH3 is 1. The molecule has 0 saturated carbocycles. The summed E-state index contributed by atoms with van der Waals surface area (Å²) >= 11 is 3.22. The second-order valence-electron chi connectivity index (χ2n) is 4.37. The average molecular weight is 311 g/mol. The van der Waals surface area contributed by atoms with Gasteiger partial charge in [0, 0.05) is 35.8 Å². The van der Waals surface area contributed by atoms with E-state index in [0.717, 1.165) is 22.4 Å². The van der Waals surface area contributed by atoms with E-state index < -0.39 is 0 Å². The summed E-state index contributed by atoms with van der Waals surface area (Å²) in [5, 5.41) is 9.28. The fraction of sp³-hybridized carbons (Fsp3) is 0.462. The summed E-state index contributed by atoms with van der Waals surface area (Å²) in [6.07, 6.45) is 2.81. The van der Waals surface area contributed by atoms with Crippen LogP contribution in [0.3, 0.4) is 0 Å². The van der Waals surface area contributed by atoms with Gasteiger partial charge in [0.05, 0.1) is 24.2 Å². The first-order chi connectivity index (χ1) is 9.69. The zero-order valence-electron chi connectivity index (χ0n) is 11.5. The predicted octanol–water partition coefficient (Wildman–Crippen LogP) is 2.92. The molecule has 5 nitrogen and oxygen atoms in total. The number of hydrogen-bond acceptors (Lipinski definition) is 7. The van der Waals surface area contributed by atoms with Gasteiger partial charge < -0.3 is 10.1 Å². The van der Waals surface area contributed by atoms with Crippen molar-refractivity contribution in [2.45, 2.75) is 25.7 Å². The molecule has 0 aliphatic heterocycles. The van der Waals surface area contributed by atoms with E-state index in [-0.39, 0.29) is 5.97 Å². The molecule has 0 amide bonds. The van der Waals surface area contributed by atoms with Crippen LogP contribution in [0.2, 0.25) is 0 Å². The third-order valence-electron chi connectivity index (χ3n) is 2.80. The molecule has 108 valence electrons. The molecule has 0 aliphatic carbocycles. The zero-order valence-corrected chi connectivity index (χ0v) is 13.1. The van der Waals surface area contributed by atoms with Crippen molar-refractivity contribution in [1.29, 1.82) is 0 Å². The quantitative estimate of drug-likeness (QED) is 0.797. The van der Waals surface area contributed by atoms with Crippen molar-refractivity contribution in [3.63, 3.8) is 0 Å². The number of rotatable bonds is 7. The van der Waals surface area contributed by atoms with Crippen LogP contribution in [0.25, 0.3) is 0 Å². The van der Waals surface area contributed by atoms with E-state index in [1.807, 2.05) is 17.0 Å². The Morgan fingerprint density at radius 1 is 1.50 bits per heavy atom. The Morgan fingerprint density at radius 2 is 2.35 bits per heavy atom. The van der Waals surface area contributed by atoms with E-state index in [4.69, 9.17) is 0 Å². The SMILES string of the molecule is COC(=O)CCc1csc(NCC(C)c2nccs2)n1. The molecule has 2 heterocycles. The van der Waals surface area contributed by atoms with Crippen LogP contribution >= 0.6 is 22.7 Å². The molecule has 0 fully saturated rings. The van der Waals surface area contributed by atoms with Crippen molar-refractivity contribution < 1.29 is 9.53 Å². The number of ether oxygens (including phenoxy) is 1. The van der Waals surface area contributed by atoms with Gasteiger partial charge in [-0.2, -0.15) is 0 Å². The number of aromatic nitrogens is 2. The third kappa shape index (κ3) is 4.28. The van der Waals surface area contributed by atoms with Crippen molar-refractivity contribution in [2.75, 3.05) is 19.0 Å². The van der Waals surface area contributed by atoms with Gasteiger partial charge in [0.25, 0.3) is 0 Å². The minimum absolute atomic E-state index is 0.204. The normalized spacial score (nSPS) is 12.1. The first-order valence-corrected chi connectivity index (χ1v) is 8.09. The summed E-state index contributed by atoms with van der Waals surface area (Å²) in [6, 6.07) is 0. The molecule has 20 heavy (non-hydrogen) atoms. The summed E-state index contributed by atoms with van der Waals surface area (Å²) in [5.74, 6) is 0.155. The molecule has 2 rings (SSSR count). The van der Waals surface area contributed by atoms with Gasteiger partial charge >= 0.3 is 5.97 Å². The second kappa shape index (κ2) is 7.35. The molecule has 2 aromatic heterocycles. The fourth-order valence-corrected chi connectivity index (χ4v) is 3.09. The van der Waals surface area contributed by atoms with Gasteiger partial charge in [0.15, 0.2) is 5.13 Å². The number of hydrogen-bond donors (Lipinski definition) is 1. The minimum atomic E-state index is -0.204. The first-order valence-electron chi connectivity index (χ1n) is 6.33. The Labute approximate surface area is 126 Å². The summed E-state index contributed by atoms with van der Waals surface area (Å²) in [6.45, 7) is 2.94. The molecule has 1 N–H and O–H groups in total. The van der Waals surface area contributed by atoms with E-state index in [2.05, 4.69) is 26.9 Å². The molecular formula is C13H17N3O2S2. The smallest absolute Gasteiger partial charge is 0.305 e. The highest BCUT2D eigenvalue weighted by atomic mass is 32.1. The first kappa shape index (κ1) is 14.9. The number of anilines is 1. The number of esters is 1. The molecule has 0 saturated heterocycles. The lowest BCUT2D eigenvalue weighted by atomic mass is 10.2. The van der Waals surface area contributed by atoms with Crippen LogP contribution in [0, 0.1) is 0 Å². The average Bonchev–Trinajstić information content (AvgIpc) is 3.13. The topological polar surface area (TPSA) is 64.1 Å². The number of nitrogens with one attached hydrogen (secondary N) is 1. The maximum absolute atomic E-state index is 11.1. The highest BCUT2D eigenvalue weighted by Gasteiger charge is 2.10. The zero-order chi connectivity index (χ0) is 14.4. The van der Waals surface area contributed by atoms with Crippen molar-refractivity contribution in [3.05, 3.63) is 27.7 Å². The molecular weight excluding hydrogens is 294 g/mol. The molecule has 7 heteroatoms. The molecule has 1 atom stereocenters. The van der Waals surface area contributed by atoms with Crippen LogP contribution < -0.4 is 5.32 Å². The van der Waals surface area contributed by atoms with Gasteiger partial charge in [0.1, 0.15) is 0 Å². The summed E-state index contributed by atoms with van der Waals surface area (Å²) in [5.41, 5.74) is 0.921. The van der Waals surface area contributed by atoms with Crippen LogP contribution in [0.4, 0.5) is 5.13 Å². The minimum Gasteiger partial charge on any atom is -0.469 e. The maximum atomic E-state index is 11.1. The molecule has 0 radical (unpaired) electrons. The summed E-state index contributed by atoms with van der Waals surface area (Å²) in [7, 11) is 1.40. The number of thiazole rings is 2. The number of carbonyl (C=O) groups is 1. The Morgan fingerprint density at radius 3 is 3.05 bits per heavy atom. The van der Waals surface area contributed by atoms with Gasteiger partial charge in [-0.15, -0.1) is 22.7 Å². The van der Waals surface area contributed by atoms with Crippen molar-refractivity contribution in [1.82, 2.24) is 9.97 Å². The van der Waals surface area contributed by atoms with Crippen molar-refractivity contribution in [3.8, 4) is 0 Å². The van der Waals surface area contributed by atoms with E-state index in [1.165, 1.54) is 7.11 Å². The predicted molar refractivity (Wildman–Crippen MR) is 81.5 cm³/mol. The maximum Gasteiger partial charge on any atom is 0.305 e. The number of aryl methyl sites for hydroxylation is 1. The molecule has 1 unspecified atom stereocenters. The van der Waals surface area contributed by atoms with Gasteiger partial charge in [-0.1, -0.05) is 6.92 Å². The standard InChI is InChI=1S/C13H17N3O2S2/c1-9(12-14-5-6-19-12)7-15-13-16-10(8-20-13)3-4-11(17)18-2/h5-6,8-9H,3-4,7H2,1-2H3,(H,15,16). The van der Waals surface area contributed by atoms with Crippen molar-refractivity contribution in [2.24, 2.45) is 0 Å². The lowest BCUT2D eigenvalue weighted by molar-refractivity contribution is -0.140. The van der Waals surface area contributed by atoms with Crippen LogP contribution in [-0.2, 0) is 16.0 Å². The molecule has 0 bridgehead atoms. The lowest BCUT2D eigenvalue weighted by Gasteiger charge is -2.08. The van der Waals surface area contributed by atoms with Crippen molar-refractivity contribution >= 4 is 33.8 Å². The van der Waals surface area contributed by atoms with Gasteiger partial charge in [-0.3, -0.25) is 4.79 Å². The van der Waals surface area contributed by atoms with E-state index in [0.29, 0.717) is 18.8 Å². The lowest BCUT2D eigenvalue weighted by Crippen LogP contribution is -2.09. The summed E-state index contributed by atoms with van der Waals surface area (Å²) < 4.78 is 4.61. The van der Waals surface area contributed by atoms with E-state index in [9.17, 15) is 4.79 Å². The third-order valence-corrected chi connectivity index (χ3v) is 4.65. The van der Waals surface area contributed by atoms with Gasteiger partial charge in [0.2, 0.25) is 0 Å².